The van der Waals surface area contributed by atoms with Crippen molar-refractivity contribution in [1.82, 2.24) is 20.3 Å². The van der Waals surface area contributed by atoms with E-state index in [4.69, 9.17) is 4.74 Å². The number of hydrogen-bond donors (Lipinski definition) is 2. The number of carbonyl (C=O) groups is 1. The molecule has 7 heteroatoms. The summed E-state index contributed by atoms with van der Waals surface area (Å²) in [5.41, 5.74) is 2.89. The van der Waals surface area contributed by atoms with Gasteiger partial charge in [-0.1, -0.05) is 12.1 Å². The molecule has 26 heavy (non-hydrogen) atoms. The number of methoxy groups -OCH3 is 1. The average Bonchev–Trinajstić information content (AvgIpc) is 2.68. The van der Waals surface area contributed by atoms with Crippen molar-refractivity contribution in [3.63, 3.8) is 0 Å². The van der Waals surface area contributed by atoms with Crippen LogP contribution in [0.1, 0.15) is 21.7 Å². The van der Waals surface area contributed by atoms with Gasteiger partial charge in [-0.3, -0.25) is 9.78 Å². The van der Waals surface area contributed by atoms with Crippen molar-refractivity contribution in [3.8, 4) is 5.75 Å². The van der Waals surface area contributed by atoms with Gasteiger partial charge >= 0.3 is 0 Å². The minimum Gasteiger partial charge on any atom is -0.495 e. The molecule has 0 bridgehead atoms. The molecule has 0 radical (unpaired) electrons. The van der Waals surface area contributed by atoms with Gasteiger partial charge in [0.1, 0.15) is 17.3 Å². The fourth-order valence-electron chi connectivity index (χ4n) is 2.33. The Morgan fingerprint density at radius 1 is 1.12 bits per heavy atom. The molecule has 132 valence electrons. The third-order valence-corrected chi connectivity index (χ3v) is 3.66. The third kappa shape index (κ3) is 4.32. The van der Waals surface area contributed by atoms with E-state index < -0.39 is 0 Å². The molecule has 0 spiro atoms. The monoisotopic (exact) mass is 349 g/mol. The topological polar surface area (TPSA) is 89.0 Å². The van der Waals surface area contributed by atoms with Gasteiger partial charge in [0.25, 0.3) is 5.91 Å². The SMILES string of the molecule is COc1ccc(C)cc1Nc1cnc(C(=O)NCc2ccccn2)cn1. The van der Waals surface area contributed by atoms with Crippen LogP contribution in [0.3, 0.4) is 0 Å². The molecule has 0 atom stereocenters. The molecule has 0 fully saturated rings. The number of aryl methyl sites for hydroxylation is 1. The minimum atomic E-state index is -0.303. The lowest BCUT2D eigenvalue weighted by molar-refractivity contribution is 0.0945. The Hall–Kier alpha value is -3.48. The summed E-state index contributed by atoms with van der Waals surface area (Å²) in [6.07, 6.45) is 4.62. The predicted molar refractivity (Wildman–Crippen MR) is 98.5 cm³/mol. The van der Waals surface area contributed by atoms with Gasteiger partial charge in [0.15, 0.2) is 0 Å². The number of carbonyl (C=O) groups excluding carboxylic acids is 1. The van der Waals surface area contributed by atoms with Crippen LogP contribution >= 0.6 is 0 Å². The van der Waals surface area contributed by atoms with Crippen LogP contribution in [0.4, 0.5) is 11.5 Å². The molecule has 2 aromatic heterocycles. The summed E-state index contributed by atoms with van der Waals surface area (Å²) < 4.78 is 5.33. The highest BCUT2D eigenvalue weighted by molar-refractivity contribution is 5.92. The van der Waals surface area contributed by atoms with Gasteiger partial charge in [-0.2, -0.15) is 0 Å². The standard InChI is InChI=1S/C19H19N5O2/c1-13-6-7-17(26-2)15(9-13)24-18-12-21-16(11-22-18)19(25)23-10-14-5-3-4-8-20-14/h3-9,11-12H,10H2,1-2H3,(H,22,24)(H,23,25). The molecule has 0 saturated carbocycles. The molecule has 1 amide bonds. The predicted octanol–water partition coefficient (Wildman–Crippen LogP) is 2.86. The molecule has 0 aliphatic rings. The van der Waals surface area contributed by atoms with Gasteiger partial charge < -0.3 is 15.4 Å². The van der Waals surface area contributed by atoms with Gasteiger partial charge in [0, 0.05) is 6.20 Å². The van der Waals surface area contributed by atoms with Crippen LogP contribution in [0.5, 0.6) is 5.75 Å². The van der Waals surface area contributed by atoms with E-state index in [1.807, 2.05) is 43.3 Å². The number of nitrogens with one attached hydrogen (secondary N) is 2. The number of nitrogens with zero attached hydrogens (tertiary/aromatic N) is 3. The summed E-state index contributed by atoms with van der Waals surface area (Å²) in [5, 5.41) is 5.91. The van der Waals surface area contributed by atoms with E-state index in [2.05, 4.69) is 25.6 Å². The van der Waals surface area contributed by atoms with Crippen molar-refractivity contribution in [2.24, 2.45) is 0 Å². The number of aromatic nitrogens is 3. The van der Waals surface area contributed by atoms with Gasteiger partial charge in [-0.05, 0) is 36.8 Å². The summed E-state index contributed by atoms with van der Waals surface area (Å²) in [7, 11) is 1.61. The molecule has 0 aliphatic heterocycles. The van der Waals surface area contributed by atoms with Crippen LogP contribution in [-0.2, 0) is 6.54 Å². The first-order valence-corrected chi connectivity index (χ1v) is 8.07. The Bertz CT molecular complexity index is 882. The average molecular weight is 349 g/mol. The normalized spacial score (nSPS) is 10.2. The maximum atomic E-state index is 12.2. The molecular formula is C19H19N5O2. The molecule has 2 heterocycles. The lowest BCUT2D eigenvalue weighted by atomic mass is 10.2. The van der Waals surface area contributed by atoms with Crippen molar-refractivity contribution < 1.29 is 9.53 Å². The van der Waals surface area contributed by atoms with Crippen LogP contribution in [-0.4, -0.2) is 28.0 Å². The second kappa shape index (κ2) is 8.06. The highest BCUT2D eigenvalue weighted by atomic mass is 16.5. The van der Waals surface area contributed by atoms with E-state index in [0.717, 1.165) is 16.9 Å². The van der Waals surface area contributed by atoms with Gasteiger partial charge in [0.05, 0.1) is 37.4 Å². The molecule has 7 nitrogen and oxygen atoms in total. The van der Waals surface area contributed by atoms with Gasteiger partial charge in [-0.25, -0.2) is 9.97 Å². The maximum absolute atomic E-state index is 12.2. The molecule has 0 unspecified atom stereocenters. The highest BCUT2D eigenvalue weighted by Gasteiger charge is 2.09. The number of pyridine rings is 1. The second-order valence-corrected chi connectivity index (χ2v) is 5.62. The van der Waals surface area contributed by atoms with Crippen LogP contribution in [0.15, 0.2) is 55.0 Å². The fourth-order valence-corrected chi connectivity index (χ4v) is 2.33. The Balaban J connectivity index is 1.65. The number of rotatable bonds is 6. The third-order valence-electron chi connectivity index (χ3n) is 3.66. The zero-order chi connectivity index (χ0) is 18.4. The fraction of sp³-hybridized carbons (Fsp3) is 0.158. The molecule has 2 N–H and O–H groups in total. The first kappa shape index (κ1) is 17.3. The second-order valence-electron chi connectivity index (χ2n) is 5.62. The lowest BCUT2D eigenvalue weighted by Crippen LogP contribution is -2.24. The zero-order valence-corrected chi connectivity index (χ0v) is 14.6. The van der Waals surface area contributed by atoms with Crippen LogP contribution in [0.25, 0.3) is 0 Å². The zero-order valence-electron chi connectivity index (χ0n) is 14.6. The Morgan fingerprint density at radius 3 is 2.69 bits per heavy atom. The van der Waals surface area contributed by atoms with Crippen LogP contribution < -0.4 is 15.4 Å². The molecule has 1 aromatic carbocycles. The maximum Gasteiger partial charge on any atom is 0.271 e. The first-order chi connectivity index (χ1) is 12.7. The highest BCUT2D eigenvalue weighted by Crippen LogP contribution is 2.27. The molecular weight excluding hydrogens is 330 g/mol. The quantitative estimate of drug-likeness (QED) is 0.711. The number of benzene rings is 1. The van der Waals surface area contributed by atoms with E-state index in [1.54, 1.807) is 13.3 Å². The first-order valence-electron chi connectivity index (χ1n) is 8.07. The minimum absolute atomic E-state index is 0.239. The number of ether oxygens (including phenoxy) is 1. The van der Waals surface area contributed by atoms with Crippen molar-refractivity contribution >= 4 is 17.4 Å². The number of anilines is 2. The van der Waals surface area contributed by atoms with Crippen molar-refractivity contribution in [3.05, 3.63) is 71.9 Å². The summed E-state index contributed by atoms with van der Waals surface area (Å²) >= 11 is 0. The Labute approximate surface area is 151 Å². The number of amides is 1. The van der Waals surface area contributed by atoms with E-state index in [-0.39, 0.29) is 11.6 Å². The molecule has 3 rings (SSSR count). The molecule has 0 saturated heterocycles. The van der Waals surface area contributed by atoms with Crippen molar-refractivity contribution in [2.75, 3.05) is 12.4 Å². The van der Waals surface area contributed by atoms with Crippen molar-refractivity contribution in [1.29, 1.82) is 0 Å². The smallest absolute Gasteiger partial charge is 0.271 e. The summed E-state index contributed by atoms with van der Waals surface area (Å²) in [6.45, 7) is 2.33. The summed E-state index contributed by atoms with van der Waals surface area (Å²) in [4.78, 5) is 24.7. The molecule has 0 aliphatic carbocycles. The Kier molecular flexibility index (Phi) is 5.38. The number of hydrogen-bond acceptors (Lipinski definition) is 6. The largest absolute Gasteiger partial charge is 0.495 e. The summed E-state index contributed by atoms with van der Waals surface area (Å²) in [6, 6.07) is 11.3. The Morgan fingerprint density at radius 2 is 2.00 bits per heavy atom. The van der Waals surface area contributed by atoms with E-state index in [9.17, 15) is 4.79 Å². The lowest BCUT2D eigenvalue weighted by Gasteiger charge is -2.11. The van der Waals surface area contributed by atoms with E-state index in [0.29, 0.717) is 18.1 Å². The van der Waals surface area contributed by atoms with Gasteiger partial charge in [0.2, 0.25) is 0 Å². The molecule has 3 aromatic rings. The van der Waals surface area contributed by atoms with Crippen LogP contribution in [0.2, 0.25) is 0 Å². The van der Waals surface area contributed by atoms with E-state index in [1.165, 1.54) is 12.4 Å². The van der Waals surface area contributed by atoms with Crippen molar-refractivity contribution in [2.45, 2.75) is 13.5 Å². The van der Waals surface area contributed by atoms with Crippen LogP contribution in [0, 0.1) is 6.92 Å². The van der Waals surface area contributed by atoms with Gasteiger partial charge in [-0.15, -0.1) is 0 Å². The van der Waals surface area contributed by atoms with E-state index >= 15 is 0 Å². The summed E-state index contributed by atoms with van der Waals surface area (Å²) in [5.74, 6) is 0.924.